The summed E-state index contributed by atoms with van der Waals surface area (Å²) in [5.74, 6) is 0.333. The number of anilines is 4. The second kappa shape index (κ2) is 10.7. The largest absolute Gasteiger partial charge is 0.377 e. The van der Waals surface area contributed by atoms with Crippen molar-refractivity contribution in [1.82, 2.24) is 15.0 Å². The van der Waals surface area contributed by atoms with Crippen molar-refractivity contribution in [2.45, 2.75) is 6.04 Å². The van der Waals surface area contributed by atoms with Crippen molar-refractivity contribution in [1.29, 1.82) is 0 Å². The number of carbonyl (C=O) groups excluding carboxylic acids is 1. The molecule has 0 saturated carbocycles. The molecule has 4 aromatic rings. The van der Waals surface area contributed by atoms with E-state index in [1.54, 1.807) is 42.7 Å². The maximum absolute atomic E-state index is 15.1. The number of hydrogen-bond donors (Lipinski definition) is 3. The average Bonchev–Trinajstić information content (AvgIpc) is 2.93. The van der Waals surface area contributed by atoms with Crippen LogP contribution in [0.25, 0.3) is 22.0 Å². The number of halogens is 1. The number of ether oxygens (including phenoxy) is 1. The summed E-state index contributed by atoms with van der Waals surface area (Å²) < 4.78 is 20.6. The molecule has 3 heterocycles. The van der Waals surface area contributed by atoms with Crippen LogP contribution in [0.3, 0.4) is 0 Å². The summed E-state index contributed by atoms with van der Waals surface area (Å²) in [5.41, 5.74) is 8.41. The van der Waals surface area contributed by atoms with Crippen LogP contribution in [-0.4, -0.2) is 53.2 Å². The normalized spacial score (nSPS) is 15.4. The molecule has 2 aromatic heterocycles. The van der Waals surface area contributed by atoms with Crippen molar-refractivity contribution in [3.63, 3.8) is 0 Å². The fourth-order valence-corrected chi connectivity index (χ4v) is 4.26. The van der Waals surface area contributed by atoms with Crippen LogP contribution >= 0.6 is 0 Å². The van der Waals surface area contributed by atoms with E-state index >= 15 is 4.39 Å². The highest BCUT2D eigenvalue weighted by atomic mass is 19.1. The minimum Gasteiger partial charge on any atom is -0.377 e. The van der Waals surface area contributed by atoms with E-state index in [1.165, 1.54) is 12.1 Å². The molecule has 1 unspecified atom stereocenters. The van der Waals surface area contributed by atoms with Gasteiger partial charge in [-0.3, -0.25) is 4.79 Å². The molecule has 2 aromatic carbocycles. The van der Waals surface area contributed by atoms with Crippen LogP contribution in [0.5, 0.6) is 0 Å². The van der Waals surface area contributed by atoms with Gasteiger partial charge in [0.2, 0.25) is 11.9 Å². The third kappa shape index (κ3) is 5.25. The molecule has 0 bridgehead atoms. The number of hydrogen-bond acceptors (Lipinski definition) is 8. The second-order valence-corrected chi connectivity index (χ2v) is 8.52. The Bertz CT molecular complexity index is 1440. The Morgan fingerprint density at radius 3 is 2.86 bits per heavy atom. The van der Waals surface area contributed by atoms with Gasteiger partial charge in [-0.2, -0.15) is 0 Å². The van der Waals surface area contributed by atoms with Gasteiger partial charge in [0.1, 0.15) is 11.6 Å². The molecule has 10 heteroatoms. The lowest BCUT2D eigenvalue weighted by atomic mass is 10.0. The molecule has 1 aliphatic heterocycles. The smallest absolute Gasteiger partial charge is 0.247 e. The number of nitrogens with one attached hydrogen (secondary N) is 2. The Balaban J connectivity index is 1.44. The predicted octanol–water partition coefficient (Wildman–Crippen LogP) is 3.86. The zero-order valence-corrected chi connectivity index (χ0v) is 20.0. The molecule has 1 saturated heterocycles. The second-order valence-electron chi connectivity index (χ2n) is 8.52. The lowest BCUT2D eigenvalue weighted by Gasteiger charge is -2.35. The topological polar surface area (TPSA) is 118 Å². The zero-order valence-electron chi connectivity index (χ0n) is 20.0. The monoisotopic (exact) mass is 499 g/mol. The highest BCUT2D eigenvalue weighted by Crippen LogP contribution is 2.32. The van der Waals surface area contributed by atoms with Gasteiger partial charge in [-0.15, -0.1) is 0 Å². The van der Waals surface area contributed by atoms with Crippen LogP contribution in [0.2, 0.25) is 0 Å². The summed E-state index contributed by atoms with van der Waals surface area (Å²) in [6, 6.07) is 13.8. The van der Waals surface area contributed by atoms with Crippen molar-refractivity contribution >= 4 is 40.0 Å². The van der Waals surface area contributed by atoms with Crippen molar-refractivity contribution in [2.24, 2.45) is 5.73 Å². The van der Waals surface area contributed by atoms with E-state index in [9.17, 15) is 4.79 Å². The molecule has 0 aliphatic carbocycles. The first-order valence-corrected chi connectivity index (χ1v) is 11.8. The Morgan fingerprint density at radius 1 is 1.19 bits per heavy atom. The van der Waals surface area contributed by atoms with Crippen molar-refractivity contribution in [3.05, 3.63) is 79.4 Å². The molecule has 5 rings (SSSR count). The lowest BCUT2D eigenvalue weighted by Crippen LogP contribution is -2.49. The SMILES string of the molecule is C=CC(=O)Nc1cccc(-c2c(F)ccc3cnc(Nc4ccc(N5CCOCC5CN)nc4)nc23)c1. The van der Waals surface area contributed by atoms with Gasteiger partial charge in [-0.05, 0) is 48.0 Å². The maximum atomic E-state index is 15.1. The Labute approximate surface area is 213 Å². The fraction of sp³-hybridized carbons (Fsp3) is 0.185. The van der Waals surface area contributed by atoms with Crippen LogP contribution < -0.4 is 21.3 Å². The van der Waals surface area contributed by atoms with Crippen LogP contribution in [0.15, 0.2) is 73.6 Å². The van der Waals surface area contributed by atoms with E-state index in [0.717, 1.165) is 12.4 Å². The number of pyridine rings is 1. The van der Waals surface area contributed by atoms with Crippen LogP contribution in [0.1, 0.15) is 0 Å². The summed E-state index contributed by atoms with van der Waals surface area (Å²) in [4.78, 5) is 27.4. The third-order valence-electron chi connectivity index (χ3n) is 6.10. The molecule has 1 atom stereocenters. The molecular weight excluding hydrogens is 473 g/mol. The number of carbonyl (C=O) groups is 1. The van der Waals surface area contributed by atoms with E-state index in [0.29, 0.717) is 59.1 Å². The average molecular weight is 500 g/mol. The summed E-state index contributed by atoms with van der Waals surface area (Å²) in [7, 11) is 0. The number of nitrogens with zero attached hydrogens (tertiary/aromatic N) is 4. The molecule has 1 fully saturated rings. The number of amides is 1. The Morgan fingerprint density at radius 2 is 2.08 bits per heavy atom. The number of fused-ring (bicyclic) bond motifs is 1. The van der Waals surface area contributed by atoms with E-state index < -0.39 is 5.82 Å². The van der Waals surface area contributed by atoms with Gasteiger partial charge in [0, 0.05) is 35.9 Å². The number of rotatable bonds is 7. The van der Waals surface area contributed by atoms with Crippen LogP contribution in [0.4, 0.5) is 27.5 Å². The highest BCUT2D eigenvalue weighted by molar-refractivity contribution is 6.00. The number of aromatic nitrogens is 3. The van der Waals surface area contributed by atoms with E-state index in [2.05, 4.69) is 37.1 Å². The Hall–Kier alpha value is -4.41. The van der Waals surface area contributed by atoms with E-state index in [1.807, 2.05) is 12.1 Å². The fourth-order valence-electron chi connectivity index (χ4n) is 4.26. The minimum atomic E-state index is -0.435. The standard InChI is InChI=1S/C27H26FN7O2/c1-2-24(36)32-19-5-3-4-17(12-19)25-22(28)8-6-18-14-31-27(34-26(18)25)33-20-7-9-23(30-15-20)35-10-11-37-16-21(35)13-29/h2-9,12,14-15,21H,1,10-11,13,16,29H2,(H,32,36)(H,31,33,34). The molecule has 0 radical (unpaired) electrons. The van der Waals surface area contributed by atoms with Gasteiger partial charge >= 0.3 is 0 Å². The Kier molecular flexibility index (Phi) is 7.02. The van der Waals surface area contributed by atoms with E-state index in [-0.39, 0.29) is 11.9 Å². The van der Waals surface area contributed by atoms with Crippen molar-refractivity contribution in [2.75, 3.05) is 41.8 Å². The molecule has 9 nitrogen and oxygen atoms in total. The van der Waals surface area contributed by atoms with Crippen LogP contribution in [-0.2, 0) is 9.53 Å². The summed E-state index contributed by atoms with van der Waals surface area (Å²) in [6.45, 7) is 5.87. The minimum absolute atomic E-state index is 0.0841. The molecule has 37 heavy (non-hydrogen) atoms. The van der Waals surface area contributed by atoms with Crippen molar-refractivity contribution in [3.8, 4) is 11.1 Å². The predicted molar refractivity (Wildman–Crippen MR) is 142 cm³/mol. The van der Waals surface area contributed by atoms with Gasteiger partial charge in [0.15, 0.2) is 0 Å². The highest BCUT2D eigenvalue weighted by Gasteiger charge is 2.23. The molecular formula is C27H26FN7O2. The van der Waals surface area contributed by atoms with E-state index in [4.69, 9.17) is 10.5 Å². The molecule has 1 aliphatic rings. The molecule has 188 valence electrons. The number of morpholine rings is 1. The van der Waals surface area contributed by atoms with Gasteiger partial charge in [0.05, 0.1) is 36.7 Å². The molecule has 1 amide bonds. The number of benzene rings is 2. The molecule has 0 spiro atoms. The van der Waals surface area contributed by atoms with Gasteiger partial charge in [0.25, 0.3) is 0 Å². The first-order valence-electron chi connectivity index (χ1n) is 11.8. The van der Waals surface area contributed by atoms with Crippen LogP contribution in [0, 0.1) is 5.82 Å². The summed E-state index contributed by atoms with van der Waals surface area (Å²) in [6.07, 6.45) is 4.51. The van der Waals surface area contributed by atoms with Crippen molar-refractivity contribution < 1.29 is 13.9 Å². The lowest BCUT2D eigenvalue weighted by molar-refractivity contribution is -0.111. The zero-order chi connectivity index (χ0) is 25.8. The molecule has 4 N–H and O–H groups in total. The summed E-state index contributed by atoms with van der Waals surface area (Å²) >= 11 is 0. The van der Waals surface area contributed by atoms with Gasteiger partial charge < -0.3 is 26.0 Å². The quantitative estimate of drug-likeness (QED) is 0.328. The first kappa shape index (κ1) is 24.3. The third-order valence-corrected chi connectivity index (χ3v) is 6.10. The maximum Gasteiger partial charge on any atom is 0.247 e. The number of nitrogens with two attached hydrogens (primary N) is 1. The first-order chi connectivity index (χ1) is 18.1. The van der Waals surface area contributed by atoms with Gasteiger partial charge in [-0.25, -0.2) is 19.3 Å². The van der Waals surface area contributed by atoms with Gasteiger partial charge in [-0.1, -0.05) is 18.7 Å². The summed E-state index contributed by atoms with van der Waals surface area (Å²) in [5, 5.41) is 6.53.